The second kappa shape index (κ2) is 6.01. The first kappa shape index (κ1) is 12.4. The van der Waals surface area contributed by atoms with Crippen LogP contribution in [-0.2, 0) is 0 Å². The number of hydrogen-bond donors (Lipinski definition) is 0. The first-order valence-corrected chi connectivity index (χ1v) is 6.57. The molecule has 17 heavy (non-hydrogen) atoms. The molecule has 92 valence electrons. The summed E-state index contributed by atoms with van der Waals surface area (Å²) in [5, 5.41) is 0.378. The number of hydrogen-bond acceptors (Lipinski definition) is 2. The Bertz CT molecular complexity index is 387. The molecule has 0 saturated carbocycles. The summed E-state index contributed by atoms with van der Waals surface area (Å²) in [5.41, 5.74) is 0.457. The molecular weight excluding hydrogens is 236 g/mol. The fraction of sp³-hybridized carbons (Fsp3) is 0.538. The minimum Gasteiger partial charge on any atom is -0.337 e. The number of aromatic nitrogens is 1. The van der Waals surface area contributed by atoms with Crippen molar-refractivity contribution < 1.29 is 4.79 Å². The number of rotatable bonds is 1. The van der Waals surface area contributed by atoms with Crippen molar-refractivity contribution in [3.63, 3.8) is 0 Å². The van der Waals surface area contributed by atoms with Gasteiger partial charge in [0.25, 0.3) is 5.91 Å². The highest BCUT2D eigenvalue weighted by molar-refractivity contribution is 6.29. The van der Waals surface area contributed by atoms with E-state index in [2.05, 4.69) is 4.98 Å². The zero-order valence-corrected chi connectivity index (χ0v) is 10.6. The molecule has 1 aromatic heterocycles. The Hall–Kier alpha value is -1.09. The van der Waals surface area contributed by atoms with Gasteiger partial charge in [0.15, 0.2) is 0 Å². The molecule has 1 saturated heterocycles. The van der Waals surface area contributed by atoms with Crippen molar-refractivity contribution >= 4 is 17.5 Å². The zero-order chi connectivity index (χ0) is 12.1. The van der Waals surface area contributed by atoms with E-state index in [4.69, 9.17) is 11.6 Å². The monoisotopic (exact) mass is 252 g/mol. The highest BCUT2D eigenvalue weighted by Crippen LogP contribution is 2.13. The van der Waals surface area contributed by atoms with Gasteiger partial charge in [-0.3, -0.25) is 4.79 Å². The average Bonchev–Trinajstić information content (AvgIpc) is 2.28. The van der Waals surface area contributed by atoms with Crippen LogP contribution in [0.25, 0.3) is 0 Å². The molecule has 0 unspecified atom stereocenters. The average molecular weight is 253 g/mol. The van der Waals surface area contributed by atoms with Gasteiger partial charge in [-0.1, -0.05) is 36.9 Å². The second-order valence-electron chi connectivity index (χ2n) is 4.41. The minimum absolute atomic E-state index is 0.00870. The molecule has 0 N–H and O–H groups in total. The third kappa shape index (κ3) is 3.43. The Balaban J connectivity index is 2.07. The fourth-order valence-corrected chi connectivity index (χ4v) is 2.30. The summed E-state index contributed by atoms with van der Waals surface area (Å²) in [7, 11) is 0. The van der Waals surface area contributed by atoms with Crippen LogP contribution in [0.3, 0.4) is 0 Å². The van der Waals surface area contributed by atoms with Gasteiger partial charge in [0.2, 0.25) is 0 Å². The third-order valence-corrected chi connectivity index (χ3v) is 3.29. The molecule has 2 rings (SSSR count). The predicted octanol–water partition coefficient (Wildman–Crippen LogP) is 3.14. The predicted molar refractivity (Wildman–Crippen MR) is 68.2 cm³/mol. The lowest BCUT2D eigenvalue weighted by atomic mass is 10.1. The second-order valence-corrected chi connectivity index (χ2v) is 4.79. The fourth-order valence-electron chi connectivity index (χ4n) is 2.14. The van der Waals surface area contributed by atoms with Crippen molar-refractivity contribution in [1.29, 1.82) is 0 Å². The number of pyridine rings is 1. The number of carbonyl (C=O) groups is 1. The van der Waals surface area contributed by atoms with Crippen LogP contribution in [0.5, 0.6) is 0 Å². The van der Waals surface area contributed by atoms with Crippen molar-refractivity contribution in [3.05, 3.63) is 29.0 Å². The van der Waals surface area contributed by atoms with Crippen LogP contribution >= 0.6 is 11.6 Å². The lowest BCUT2D eigenvalue weighted by molar-refractivity contribution is 0.0736. The summed E-state index contributed by atoms with van der Waals surface area (Å²) in [4.78, 5) is 18.2. The van der Waals surface area contributed by atoms with E-state index in [1.54, 1.807) is 18.2 Å². The normalized spacial score (nSPS) is 17.4. The van der Waals surface area contributed by atoms with Crippen LogP contribution in [0.15, 0.2) is 18.2 Å². The third-order valence-electron chi connectivity index (χ3n) is 3.08. The Morgan fingerprint density at radius 3 is 2.41 bits per heavy atom. The van der Waals surface area contributed by atoms with Crippen LogP contribution in [0, 0.1) is 0 Å². The number of halogens is 1. The van der Waals surface area contributed by atoms with Crippen molar-refractivity contribution in [1.82, 2.24) is 9.88 Å². The van der Waals surface area contributed by atoms with Crippen LogP contribution in [0.4, 0.5) is 0 Å². The summed E-state index contributed by atoms with van der Waals surface area (Å²) in [6.07, 6.45) is 5.90. The Morgan fingerprint density at radius 1 is 1.12 bits per heavy atom. The van der Waals surface area contributed by atoms with Gasteiger partial charge >= 0.3 is 0 Å². The van der Waals surface area contributed by atoms with Gasteiger partial charge in [0.1, 0.15) is 10.8 Å². The minimum atomic E-state index is 0.00870. The SMILES string of the molecule is O=C(c1cccc(Cl)n1)N1CCCCCCC1. The quantitative estimate of drug-likeness (QED) is 0.720. The molecule has 2 heterocycles. The molecule has 1 aliphatic rings. The summed E-state index contributed by atoms with van der Waals surface area (Å²) < 4.78 is 0. The standard InChI is InChI=1S/C13H17ClN2O/c14-12-8-6-7-11(15-12)13(17)16-9-4-2-1-3-5-10-16/h6-8H,1-5,9-10H2. The number of likely N-dealkylation sites (tertiary alicyclic amines) is 1. The first-order chi connectivity index (χ1) is 8.27. The lowest BCUT2D eigenvalue weighted by Gasteiger charge is -2.24. The zero-order valence-electron chi connectivity index (χ0n) is 9.86. The number of carbonyl (C=O) groups excluding carboxylic acids is 1. The molecular formula is C13H17ClN2O. The van der Waals surface area contributed by atoms with E-state index >= 15 is 0 Å². The molecule has 1 aromatic rings. The van der Waals surface area contributed by atoms with Gasteiger partial charge < -0.3 is 4.90 Å². The maximum atomic E-state index is 12.2. The molecule has 0 spiro atoms. The maximum Gasteiger partial charge on any atom is 0.272 e. The number of amides is 1. The maximum absolute atomic E-state index is 12.2. The lowest BCUT2D eigenvalue weighted by Crippen LogP contribution is -2.34. The van der Waals surface area contributed by atoms with Gasteiger partial charge in [0, 0.05) is 13.1 Å². The summed E-state index contributed by atoms with van der Waals surface area (Å²) in [6, 6.07) is 5.19. The topological polar surface area (TPSA) is 33.2 Å². The number of nitrogens with zero attached hydrogens (tertiary/aromatic N) is 2. The molecule has 0 aromatic carbocycles. The Labute approximate surface area is 107 Å². The van der Waals surface area contributed by atoms with Crippen LogP contribution < -0.4 is 0 Å². The molecule has 1 amide bonds. The molecule has 0 radical (unpaired) electrons. The molecule has 4 heteroatoms. The van der Waals surface area contributed by atoms with Crippen LogP contribution in [0.1, 0.15) is 42.6 Å². The van der Waals surface area contributed by atoms with E-state index in [0.717, 1.165) is 25.9 Å². The summed E-state index contributed by atoms with van der Waals surface area (Å²) in [5.74, 6) is 0.00870. The molecule has 0 aliphatic carbocycles. The Morgan fingerprint density at radius 2 is 1.76 bits per heavy atom. The van der Waals surface area contributed by atoms with Gasteiger partial charge in [-0.15, -0.1) is 0 Å². The molecule has 0 atom stereocenters. The first-order valence-electron chi connectivity index (χ1n) is 6.19. The van der Waals surface area contributed by atoms with E-state index in [9.17, 15) is 4.79 Å². The van der Waals surface area contributed by atoms with E-state index in [-0.39, 0.29) is 5.91 Å². The van der Waals surface area contributed by atoms with Crippen molar-refractivity contribution in [2.24, 2.45) is 0 Å². The summed E-state index contributed by atoms with van der Waals surface area (Å²) >= 11 is 5.80. The van der Waals surface area contributed by atoms with E-state index < -0.39 is 0 Å². The molecule has 1 aliphatic heterocycles. The smallest absolute Gasteiger partial charge is 0.272 e. The molecule has 1 fully saturated rings. The van der Waals surface area contributed by atoms with Gasteiger partial charge in [0.05, 0.1) is 0 Å². The van der Waals surface area contributed by atoms with Gasteiger partial charge in [-0.25, -0.2) is 4.98 Å². The van der Waals surface area contributed by atoms with Gasteiger partial charge in [-0.2, -0.15) is 0 Å². The van der Waals surface area contributed by atoms with E-state index in [0.29, 0.717) is 10.8 Å². The van der Waals surface area contributed by atoms with Crippen molar-refractivity contribution in [3.8, 4) is 0 Å². The van der Waals surface area contributed by atoms with Crippen molar-refractivity contribution in [2.45, 2.75) is 32.1 Å². The summed E-state index contributed by atoms with van der Waals surface area (Å²) in [6.45, 7) is 1.68. The molecule has 3 nitrogen and oxygen atoms in total. The highest BCUT2D eigenvalue weighted by atomic mass is 35.5. The van der Waals surface area contributed by atoms with Crippen molar-refractivity contribution in [2.75, 3.05) is 13.1 Å². The van der Waals surface area contributed by atoms with Crippen LogP contribution in [0.2, 0.25) is 5.15 Å². The van der Waals surface area contributed by atoms with Gasteiger partial charge in [-0.05, 0) is 25.0 Å². The largest absolute Gasteiger partial charge is 0.337 e. The highest BCUT2D eigenvalue weighted by Gasteiger charge is 2.17. The Kier molecular flexibility index (Phi) is 4.37. The van der Waals surface area contributed by atoms with E-state index in [1.165, 1.54) is 19.3 Å². The molecule has 0 bridgehead atoms. The van der Waals surface area contributed by atoms with E-state index in [1.807, 2.05) is 4.90 Å². The van der Waals surface area contributed by atoms with Crippen LogP contribution in [-0.4, -0.2) is 28.9 Å².